The molecule has 0 amide bonds. The maximum atomic E-state index is 11.6. The van der Waals surface area contributed by atoms with Crippen molar-refractivity contribution in [2.24, 2.45) is 0 Å². The van der Waals surface area contributed by atoms with Gasteiger partial charge in [-0.05, 0) is 18.2 Å². The highest BCUT2D eigenvalue weighted by atomic mass is 35.5. The number of methoxy groups -OCH3 is 1. The van der Waals surface area contributed by atoms with Crippen LogP contribution in [-0.2, 0) is 4.74 Å². The van der Waals surface area contributed by atoms with E-state index in [1.807, 2.05) is 0 Å². The number of benzene rings is 1. The Morgan fingerprint density at radius 2 is 2.00 bits per heavy atom. The van der Waals surface area contributed by atoms with Crippen molar-refractivity contribution in [2.75, 3.05) is 7.11 Å². The number of thiophene rings is 1. The van der Waals surface area contributed by atoms with E-state index >= 15 is 0 Å². The fourth-order valence-electron chi connectivity index (χ4n) is 1.91. The molecule has 0 bridgehead atoms. The first-order valence-electron chi connectivity index (χ1n) is 5.77. The van der Waals surface area contributed by atoms with Gasteiger partial charge in [0.05, 0.1) is 16.8 Å². The summed E-state index contributed by atoms with van der Waals surface area (Å²) < 4.78 is 11.1. The molecule has 3 rings (SSSR count). The third-order valence-corrected chi connectivity index (χ3v) is 4.99. The summed E-state index contributed by atoms with van der Waals surface area (Å²) in [5.41, 5.74) is 1.16. The number of carbonyl (C=O) groups excluding carboxylic acids is 1. The predicted molar refractivity (Wildman–Crippen MR) is 85.9 cm³/mol. The third-order valence-electron chi connectivity index (χ3n) is 2.88. The summed E-state index contributed by atoms with van der Waals surface area (Å²) >= 11 is 19.4. The number of hydrogen-bond acceptors (Lipinski definition) is 4. The van der Waals surface area contributed by atoms with Crippen LogP contribution < -0.4 is 0 Å². The lowest BCUT2D eigenvalue weighted by molar-refractivity contribution is 0.0606. The molecule has 0 N–H and O–H groups in total. The predicted octanol–water partition coefficient (Wildman–Crippen LogP) is 5.91. The monoisotopic (exact) mass is 360 g/mol. The van der Waals surface area contributed by atoms with E-state index in [0.717, 1.165) is 4.70 Å². The molecule has 0 unspecified atom stereocenters. The first-order chi connectivity index (χ1) is 10.0. The van der Waals surface area contributed by atoms with Crippen molar-refractivity contribution in [1.82, 2.24) is 0 Å². The fourth-order valence-corrected chi connectivity index (χ4v) is 3.77. The van der Waals surface area contributed by atoms with Crippen LogP contribution in [0.1, 0.15) is 9.67 Å². The number of ether oxygens (including phenoxy) is 1. The highest BCUT2D eigenvalue weighted by Gasteiger charge is 2.22. The molecule has 0 saturated carbocycles. The molecule has 7 heteroatoms. The van der Waals surface area contributed by atoms with Gasteiger partial charge < -0.3 is 9.15 Å². The summed E-state index contributed by atoms with van der Waals surface area (Å²) in [7, 11) is 1.30. The second-order valence-corrected chi connectivity index (χ2v) is 6.44. The fraction of sp³-hybridized carbons (Fsp3) is 0.0714. The van der Waals surface area contributed by atoms with E-state index in [2.05, 4.69) is 4.74 Å². The van der Waals surface area contributed by atoms with E-state index in [0.29, 0.717) is 31.8 Å². The zero-order valence-electron chi connectivity index (χ0n) is 10.6. The van der Waals surface area contributed by atoms with E-state index in [4.69, 9.17) is 39.2 Å². The molecule has 0 spiro atoms. The molecule has 1 aromatic carbocycles. The lowest BCUT2D eigenvalue weighted by Gasteiger charge is -2.01. The Morgan fingerprint density at radius 1 is 1.24 bits per heavy atom. The molecule has 3 nitrogen and oxygen atoms in total. The van der Waals surface area contributed by atoms with Crippen molar-refractivity contribution in [3.05, 3.63) is 44.2 Å². The van der Waals surface area contributed by atoms with E-state index in [1.54, 1.807) is 24.3 Å². The summed E-state index contributed by atoms with van der Waals surface area (Å²) in [6.07, 6.45) is 0. The second kappa shape index (κ2) is 5.54. The van der Waals surface area contributed by atoms with Gasteiger partial charge in [-0.2, -0.15) is 0 Å². The first kappa shape index (κ1) is 14.7. The maximum absolute atomic E-state index is 11.6. The second-order valence-electron chi connectivity index (χ2n) is 4.16. The van der Waals surface area contributed by atoms with Crippen LogP contribution in [0.15, 0.2) is 28.7 Å². The van der Waals surface area contributed by atoms with Crippen LogP contribution in [0.2, 0.25) is 15.1 Å². The van der Waals surface area contributed by atoms with Crippen molar-refractivity contribution in [1.29, 1.82) is 0 Å². The van der Waals surface area contributed by atoms with Crippen molar-refractivity contribution in [3.63, 3.8) is 0 Å². The molecular formula is C14H7Cl3O3S. The first-order valence-corrected chi connectivity index (χ1v) is 7.72. The number of halogens is 3. The zero-order valence-corrected chi connectivity index (χ0v) is 13.7. The Balaban J connectivity index is 2.12. The van der Waals surface area contributed by atoms with Gasteiger partial charge in [-0.25, -0.2) is 4.79 Å². The maximum Gasteiger partial charge on any atom is 0.349 e. The molecule has 0 aliphatic rings. The van der Waals surface area contributed by atoms with Gasteiger partial charge in [-0.3, -0.25) is 0 Å². The summed E-state index contributed by atoms with van der Waals surface area (Å²) in [6.45, 7) is 0. The Kier molecular flexibility index (Phi) is 3.88. The van der Waals surface area contributed by atoms with E-state index < -0.39 is 5.97 Å². The average molecular weight is 362 g/mol. The smallest absolute Gasteiger partial charge is 0.349 e. The van der Waals surface area contributed by atoms with E-state index in [9.17, 15) is 4.79 Å². The van der Waals surface area contributed by atoms with Gasteiger partial charge in [0.15, 0.2) is 5.58 Å². The Morgan fingerprint density at radius 3 is 2.62 bits per heavy atom. The lowest BCUT2D eigenvalue weighted by atomic mass is 10.2. The quantitative estimate of drug-likeness (QED) is 0.533. The van der Waals surface area contributed by atoms with Crippen molar-refractivity contribution >= 4 is 62.4 Å². The van der Waals surface area contributed by atoms with Crippen molar-refractivity contribution in [2.45, 2.75) is 0 Å². The average Bonchev–Trinajstić information content (AvgIpc) is 2.98. The topological polar surface area (TPSA) is 39.4 Å². The van der Waals surface area contributed by atoms with Crippen LogP contribution in [0.4, 0.5) is 0 Å². The van der Waals surface area contributed by atoms with Gasteiger partial charge in [0.1, 0.15) is 15.7 Å². The number of esters is 1. The standard InChI is InChI=1S/C14H7Cl3O3S/c1-19-14(18)13-11(17)12-10(21-13)5-9(20-12)7-3-2-6(15)4-8(7)16/h2-5H,1H3. The lowest BCUT2D eigenvalue weighted by Crippen LogP contribution is -1.97. The van der Waals surface area contributed by atoms with Crippen molar-refractivity contribution in [3.8, 4) is 11.3 Å². The minimum atomic E-state index is -0.484. The van der Waals surface area contributed by atoms with Crippen molar-refractivity contribution < 1.29 is 13.9 Å². The van der Waals surface area contributed by atoms with Crippen LogP contribution >= 0.6 is 46.1 Å². The van der Waals surface area contributed by atoms with Gasteiger partial charge in [0.25, 0.3) is 0 Å². The van der Waals surface area contributed by atoms with Crippen LogP contribution in [-0.4, -0.2) is 13.1 Å². The SMILES string of the molecule is COC(=O)c1sc2cc(-c3ccc(Cl)cc3Cl)oc2c1Cl. The van der Waals surface area contributed by atoms with E-state index in [-0.39, 0.29) is 5.02 Å². The van der Waals surface area contributed by atoms with Crippen LogP contribution in [0.25, 0.3) is 21.6 Å². The summed E-state index contributed by atoms with van der Waals surface area (Å²) in [6, 6.07) is 6.91. The zero-order chi connectivity index (χ0) is 15.1. The minimum Gasteiger partial charge on any atom is -0.465 e. The number of fused-ring (bicyclic) bond motifs is 1. The van der Waals surface area contributed by atoms with Gasteiger partial charge in [-0.15, -0.1) is 11.3 Å². The highest BCUT2D eigenvalue weighted by Crippen LogP contribution is 2.42. The summed E-state index contributed by atoms with van der Waals surface area (Å²) in [5.74, 6) is 0.0821. The molecule has 0 atom stereocenters. The normalized spacial score (nSPS) is 11.0. The van der Waals surface area contributed by atoms with Crippen LogP contribution in [0.3, 0.4) is 0 Å². The van der Waals surface area contributed by atoms with Crippen LogP contribution in [0, 0.1) is 0 Å². The molecule has 3 aromatic rings. The van der Waals surface area contributed by atoms with Crippen LogP contribution in [0.5, 0.6) is 0 Å². The number of furan rings is 1. The van der Waals surface area contributed by atoms with Gasteiger partial charge in [0.2, 0.25) is 0 Å². The summed E-state index contributed by atoms with van der Waals surface area (Å²) in [5, 5.41) is 1.27. The molecule has 2 aromatic heterocycles. The molecule has 0 radical (unpaired) electrons. The molecule has 21 heavy (non-hydrogen) atoms. The molecule has 0 aliphatic heterocycles. The largest absolute Gasteiger partial charge is 0.465 e. The molecule has 0 fully saturated rings. The Labute approximate surface area is 139 Å². The van der Waals surface area contributed by atoms with Gasteiger partial charge in [-0.1, -0.05) is 34.8 Å². The van der Waals surface area contributed by atoms with Gasteiger partial charge in [0, 0.05) is 16.7 Å². The summed E-state index contributed by atoms with van der Waals surface area (Å²) in [4.78, 5) is 11.9. The minimum absolute atomic E-state index is 0.248. The molecule has 0 aliphatic carbocycles. The highest BCUT2D eigenvalue weighted by molar-refractivity contribution is 7.21. The number of rotatable bonds is 2. The Hall–Kier alpha value is -1.20. The molecule has 2 heterocycles. The molecule has 108 valence electrons. The third kappa shape index (κ3) is 2.53. The number of carbonyl (C=O) groups is 1. The molecule has 0 saturated heterocycles. The Bertz CT molecular complexity index is 851. The number of hydrogen-bond donors (Lipinski definition) is 0. The van der Waals surface area contributed by atoms with E-state index in [1.165, 1.54) is 18.4 Å². The molecular weight excluding hydrogens is 355 g/mol. The van der Waals surface area contributed by atoms with Gasteiger partial charge >= 0.3 is 5.97 Å².